The highest BCUT2D eigenvalue weighted by Gasteiger charge is 2.30. The van der Waals surface area contributed by atoms with Crippen molar-refractivity contribution in [3.8, 4) is 0 Å². The summed E-state index contributed by atoms with van der Waals surface area (Å²) in [6, 6.07) is 5.37. The van der Waals surface area contributed by atoms with E-state index in [-0.39, 0.29) is 29.1 Å². The first-order valence-corrected chi connectivity index (χ1v) is 11.2. The van der Waals surface area contributed by atoms with Gasteiger partial charge in [-0.15, -0.1) is 0 Å². The minimum absolute atomic E-state index is 0.0186. The molecule has 0 aromatic heterocycles. The van der Waals surface area contributed by atoms with Gasteiger partial charge in [-0.2, -0.15) is 0 Å². The molecular formula is C23H33N3O6. The van der Waals surface area contributed by atoms with Crippen LogP contribution in [0.25, 0.3) is 0 Å². The second-order valence-corrected chi connectivity index (χ2v) is 8.28. The molecule has 2 aliphatic heterocycles. The number of hydrogen-bond acceptors (Lipinski definition) is 6. The Bertz CT molecular complexity index is 747. The zero-order valence-corrected chi connectivity index (χ0v) is 18.2. The van der Waals surface area contributed by atoms with E-state index in [2.05, 4.69) is 10.6 Å². The number of ketones is 1. The number of primary amides is 1. The molecule has 1 aromatic carbocycles. The fourth-order valence-electron chi connectivity index (χ4n) is 4.13. The maximum Gasteiger partial charge on any atom is 0.335 e. The van der Waals surface area contributed by atoms with E-state index in [0.29, 0.717) is 11.7 Å². The van der Waals surface area contributed by atoms with Gasteiger partial charge in [0.2, 0.25) is 5.91 Å². The van der Waals surface area contributed by atoms with Crippen molar-refractivity contribution in [2.24, 2.45) is 11.7 Å². The van der Waals surface area contributed by atoms with Crippen LogP contribution >= 0.6 is 0 Å². The monoisotopic (exact) mass is 447 g/mol. The van der Waals surface area contributed by atoms with Crippen LogP contribution in [0.3, 0.4) is 0 Å². The maximum atomic E-state index is 11.8. The van der Waals surface area contributed by atoms with Gasteiger partial charge in [-0.1, -0.05) is 18.9 Å². The lowest BCUT2D eigenvalue weighted by molar-refractivity contribution is -0.124. The highest BCUT2D eigenvalue weighted by molar-refractivity contribution is 5.93. The van der Waals surface area contributed by atoms with Gasteiger partial charge in [-0.3, -0.25) is 9.59 Å². The van der Waals surface area contributed by atoms with Crippen molar-refractivity contribution in [1.29, 1.82) is 0 Å². The number of hydrogen-bond donors (Lipinski definition) is 5. The quantitative estimate of drug-likeness (QED) is 0.457. The van der Waals surface area contributed by atoms with Crippen LogP contribution in [-0.4, -0.2) is 59.0 Å². The third-order valence-electron chi connectivity index (χ3n) is 5.92. The van der Waals surface area contributed by atoms with Gasteiger partial charge in [-0.05, 0) is 69.8 Å². The smallest absolute Gasteiger partial charge is 0.335 e. The Morgan fingerprint density at radius 3 is 1.66 bits per heavy atom. The molecule has 2 atom stereocenters. The molecule has 1 aliphatic carbocycles. The Morgan fingerprint density at radius 2 is 1.28 bits per heavy atom. The SMILES string of the molecule is NC(=O)[C@@H]1CCCN1.O=C(C1CCCC1)[C@@H]1CCCN1.O=C(O)c1cccc(C(=O)O)c1. The first-order chi connectivity index (χ1) is 15.3. The van der Waals surface area contributed by atoms with E-state index in [4.69, 9.17) is 15.9 Å². The van der Waals surface area contributed by atoms with Crippen LogP contribution in [0.1, 0.15) is 72.1 Å². The van der Waals surface area contributed by atoms with Crippen LogP contribution in [0, 0.1) is 5.92 Å². The van der Waals surface area contributed by atoms with Gasteiger partial charge in [0, 0.05) is 5.92 Å². The van der Waals surface area contributed by atoms with Gasteiger partial charge in [0.25, 0.3) is 0 Å². The Labute approximate surface area is 187 Å². The molecule has 3 fully saturated rings. The molecule has 0 unspecified atom stereocenters. The topological polar surface area (TPSA) is 159 Å². The number of aromatic carboxylic acids is 2. The Morgan fingerprint density at radius 1 is 0.781 bits per heavy atom. The van der Waals surface area contributed by atoms with Crippen molar-refractivity contribution < 1.29 is 29.4 Å². The summed E-state index contributed by atoms with van der Waals surface area (Å²) in [6.07, 6.45) is 9.09. The Kier molecular flexibility index (Phi) is 10.3. The summed E-state index contributed by atoms with van der Waals surface area (Å²) in [4.78, 5) is 42.9. The van der Waals surface area contributed by atoms with Crippen molar-refractivity contribution in [3.05, 3.63) is 35.4 Å². The van der Waals surface area contributed by atoms with E-state index in [9.17, 15) is 19.2 Å². The minimum Gasteiger partial charge on any atom is -0.478 e. The summed E-state index contributed by atoms with van der Waals surface area (Å²) in [5, 5.41) is 23.3. The molecule has 4 rings (SSSR count). The normalized spacial score (nSPS) is 22.2. The number of carboxylic acid groups (broad SMARTS) is 2. The summed E-state index contributed by atoms with van der Waals surface area (Å²) in [6.45, 7) is 1.98. The van der Waals surface area contributed by atoms with E-state index in [1.165, 1.54) is 37.5 Å². The Hall–Kier alpha value is -2.78. The van der Waals surface area contributed by atoms with Crippen LogP contribution < -0.4 is 16.4 Å². The van der Waals surface area contributed by atoms with E-state index < -0.39 is 11.9 Å². The molecule has 9 nitrogen and oxygen atoms in total. The maximum absolute atomic E-state index is 11.8. The molecule has 9 heteroatoms. The highest BCUT2D eigenvalue weighted by Crippen LogP contribution is 2.27. The van der Waals surface area contributed by atoms with Crippen LogP contribution in [0.15, 0.2) is 24.3 Å². The summed E-state index contributed by atoms with van der Waals surface area (Å²) < 4.78 is 0. The summed E-state index contributed by atoms with van der Waals surface area (Å²) in [5.74, 6) is -1.57. The average molecular weight is 448 g/mol. The number of carbonyl (C=O) groups is 4. The number of Topliss-reactive ketones (excluding diaryl/α,β-unsaturated/α-hetero) is 1. The van der Waals surface area contributed by atoms with E-state index in [1.54, 1.807) is 0 Å². The third-order valence-corrected chi connectivity index (χ3v) is 5.92. The van der Waals surface area contributed by atoms with Gasteiger partial charge in [0.15, 0.2) is 5.78 Å². The lowest BCUT2D eigenvalue weighted by atomic mass is 9.96. The fourth-order valence-corrected chi connectivity index (χ4v) is 4.13. The number of benzene rings is 1. The molecule has 3 aliphatic rings. The van der Waals surface area contributed by atoms with Crippen molar-refractivity contribution in [2.75, 3.05) is 13.1 Å². The molecule has 1 saturated carbocycles. The van der Waals surface area contributed by atoms with Crippen molar-refractivity contribution in [1.82, 2.24) is 10.6 Å². The summed E-state index contributed by atoms with van der Waals surface area (Å²) >= 11 is 0. The first-order valence-electron chi connectivity index (χ1n) is 11.2. The Balaban J connectivity index is 0.000000174. The average Bonchev–Trinajstić information content (AvgIpc) is 3.57. The lowest BCUT2D eigenvalue weighted by Gasteiger charge is -2.13. The molecule has 2 saturated heterocycles. The second kappa shape index (κ2) is 12.9. The fraction of sp³-hybridized carbons (Fsp3) is 0.565. The second-order valence-electron chi connectivity index (χ2n) is 8.28. The van der Waals surface area contributed by atoms with Crippen molar-refractivity contribution in [3.63, 3.8) is 0 Å². The molecule has 1 amide bonds. The van der Waals surface area contributed by atoms with Crippen molar-refractivity contribution in [2.45, 2.75) is 63.5 Å². The van der Waals surface area contributed by atoms with Crippen LogP contribution in [-0.2, 0) is 9.59 Å². The molecule has 176 valence electrons. The molecule has 0 bridgehead atoms. The van der Waals surface area contributed by atoms with Crippen LogP contribution in [0.4, 0.5) is 0 Å². The van der Waals surface area contributed by atoms with E-state index in [0.717, 1.165) is 51.3 Å². The number of amides is 1. The van der Waals surface area contributed by atoms with Crippen LogP contribution in [0.5, 0.6) is 0 Å². The number of carbonyl (C=O) groups excluding carboxylic acids is 2. The number of rotatable bonds is 5. The largest absolute Gasteiger partial charge is 0.478 e. The molecule has 32 heavy (non-hydrogen) atoms. The van der Waals surface area contributed by atoms with E-state index >= 15 is 0 Å². The first kappa shape index (κ1) is 25.5. The molecular weight excluding hydrogens is 414 g/mol. The highest BCUT2D eigenvalue weighted by atomic mass is 16.4. The van der Waals surface area contributed by atoms with Gasteiger partial charge in [0.05, 0.1) is 23.2 Å². The van der Waals surface area contributed by atoms with Gasteiger partial charge in [-0.25, -0.2) is 9.59 Å². The predicted molar refractivity (Wildman–Crippen MR) is 119 cm³/mol. The predicted octanol–water partition coefficient (Wildman–Crippen LogP) is 1.80. The lowest BCUT2D eigenvalue weighted by Crippen LogP contribution is -2.36. The minimum atomic E-state index is -1.13. The third kappa shape index (κ3) is 8.05. The van der Waals surface area contributed by atoms with Gasteiger partial charge < -0.3 is 26.6 Å². The molecule has 0 spiro atoms. The number of nitrogens with one attached hydrogen (secondary N) is 2. The standard InChI is InChI=1S/C10H17NO.C8H6O4.C5H10N2O/c12-10(8-4-1-2-5-8)9-6-3-7-11-9;9-7(10)5-2-1-3-6(4-5)8(11)12;6-5(8)4-2-1-3-7-4/h8-9,11H,1-7H2;1-4H,(H,9,10)(H,11,12);4,7H,1-3H2,(H2,6,8)/t9-;;4-/m0.0/s1. The zero-order valence-electron chi connectivity index (χ0n) is 18.2. The molecule has 0 radical (unpaired) electrons. The van der Waals surface area contributed by atoms with Gasteiger partial charge in [0.1, 0.15) is 0 Å². The zero-order chi connectivity index (χ0) is 23.5. The molecule has 1 aromatic rings. The summed E-state index contributed by atoms with van der Waals surface area (Å²) in [5.41, 5.74) is 4.96. The molecule has 2 heterocycles. The number of nitrogens with two attached hydrogens (primary N) is 1. The molecule has 6 N–H and O–H groups in total. The summed E-state index contributed by atoms with van der Waals surface area (Å²) in [7, 11) is 0. The van der Waals surface area contributed by atoms with Crippen LogP contribution in [0.2, 0.25) is 0 Å². The van der Waals surface area contributed by atoms with Crippen molar-refractivity contribution >= 4 is 23.6 Å². The van der Waals surface area contributed by atoms with E-state index in [1.807, 2.05) is 0 Å². The van der Waals surface area contributed by atoms with Gasteiger partial charge >= 0.3 is 11.9 Å². The number of carboxylic acids is 2.